The Kier molecular flexibility index (Phi) is 6.13. The van der Waals surface area contributed by atoms with Crippen molar-refractivity contribution in [3.63, 3.8) is 0 Å². The van der Waals surface area contributed by atoms with Gasteiger partial charge in [0, 0.05) is 23.5 Å². The van der Waals surface area contributed by atoms with Crippen molar-refractivity contribution in [3.8, 4) is 17.2 Å². The number of hydrogen-bond acceptors (Lipinski definition) is 7. The van der Waals surface area contributed by atoms with Crippen molar-refractivity contribution < 1.29 is 19.0 Å². The maximum absolute atomic E-state index is 12.5. The molecule has 0 aliphatic carbocycles. The van der Waals surface area contributed by atoms with Crippen LogP contribution in [0.5, 0.6) is 17.2 Å². The van der Waals surface area contributed by atoms with Crippen molar-refractivity contribution in [2.75, 3.05) is 32.0 Å². The minimum Gasteiger partial charge on any atom is -0.493 e. The van der Waals surface area contributed by atoms with Gasteiger partial charge in [-0.2, -0.15) is 0 Å². The third kappa shape index (κ3) is 4.73. The van der Waals surface area contributed by atoms with E-state index in [9.17, 15) is 4.79 Å². The zero-order valence-electron chi connectivity index (χ0n) is 16.6. The fourth-order valence-electron chi connectivity index (χ4n) is 2.64. The number of nitrogens with zero attached hydrogens (tertiary/aromatic N) is 2. The summed E-state index contributed by atoms with van der Waals surface area (Å²) in [5, 5.41) is 5.89. The molecular formula is C21H22N4O4. The van der Waals surface area contributed by atoms with E-state index in [1.54, 1.807) is 12.1 Å². The van der Waals surface area contributed by atoms with Crippen LogP contribution in [0.3, 0.4) is 0 Å². The van der Waals surface area contributed by atoms with Gasteiger partial charge in [-0.1, -0.05) is 17.7 Å². The van der Waals surface area contributed by atoms with E-state index in [2.05, 4.69) is 20.6 Å². The van der Waals surface area contributed by atoms with Crippen LogP contribution in [-0.4, -0.2) is 37.2 Å². The smallest absolute Gasteiger partial charge is 0.275 e. The van der Waals surface area contributed by atoms with E-state index in [1.165, 1.54) is 39.3 Å². The number of rotatable bonds is 7. The number of carbonyl (C=O) groups is 1. The van der Waals surface area contributed by atoms with Crippen LogP contribution < -0.4 is 24.8 Å². The molecule has 0 spiro atoms. The van der Waals surface area contributed by atoms with Gasteiger partial charge < -0.3 is 24.8 Å². The van der Waals surface area contributed by atoms with Gasteiger partial charge >= 0.3 is 0 Å². The first kappa shape index (κ1) is 19.9. The number of anilines is 3. The number of nitrogens with one attached hydrogen (secondary N) is 2. The average molecular weight is 394 g/mol. The number of aryl methyl sites for hydroxylation is 1. The number of aromatic nitrogens is 2. The summed E-state index contributed by atoms with van der Waals surface area (Å²) in [4.78, 5) is 21.0. The third-order valence-electron chi connectivity index (χ3n) is 4.13. The lowest BCUT2D eigenvalue weighted by atomic mass is 10.2. The van der Waals surface area contributed by atoms with Crippen LogP contribution in [0.25, 0.3) is 0 Å². The molecule has 8 heteroatoms. The van der Waals surface area contributed by atoms with Crippen LogP contribution in [0.2, 0.25) is 0 Å². The predicted octanol–water partition coefficient (Wildman–Crippen LogP) is 3.81. The summed E-state index contributed by atoms with van der Waals surface area (Å²) < 4.78 is 15.9. The summed E-state index contributed by atoms with van der Waals surface area (Å²) in [5.41, 5.74) is 2.71. The summed E-state index contributed by atoms with van der Waals surface area (Å²) in [6.07, 6.45) is 2.91. The Morgan fingerprint density at radius 2 is 1.52 bits per heavy atom. The molecule has 0 saturated heterocycles. The highest BCUT2D eigenvalue weighted by Gasteiger charge is 2.16. The fourth-order valence-corrected chi connectivity index (χ4v) is 2.64. The molecule has 3 aromatic rings. The minimum atomic E-state index is -0.409. The van der Waals surface area contributed by atoms with Gasteiger partial charge in [0.1, 0.15) is 11.5 Å². The second-order valence-corrected chi connectivity index (χ2v) is 6.15. The fraction of sp³-hybridized carbons (Fsp3) is 0.190. The maximum atomic E-state index is 12.5. The van der Waals surface area contributed by atoms with Gasteiger partial charge in [-0.05, 0) is 19.1 Å². The van der Waals surface area contributed by atoms with Crippen molar-refractivity contribution >= 4 is 23.1 Å². The van der Waals surface area contributed by atoms with Crippen molar-refractivity contribution in [2.45, 2.75) is 6.92 Å². The second-order valence-electron chi connectivity index (χ2n) is 6.15. The average Bonchev–Trinajstić information content (AvgIpc) is 2.75. The number of amides is 1. The van der Waals surface area contributed by atoms with E-state index < -0.39 is 5.91 Å². The molecule has 29 heavy (non-hydrogen) atoms. The highest BCUT2D eigenvalue weighted by atomic mass is 16.5. The van der Waals surface area contributed by atoms with E-state index >= 15 is 0 Å². The molecule has 3 rings (SSSR count). The van der Waals surface area contributed by atoms with Gasteiger partial charge in [0.05, 0.1) is 33.7 Å². The SMILES string of the molecule is COc1cc(NC(=O)c2cnc(Nc3ccc(C)cc3)cn2)cc(OC)c1OC. The number of carbonyl (C=O) groups excluding carboxylic acids is 1. The largest absolute Gasteiger partial charge is 0.493 e. The topological polar surface area (TPSA) is 94.6 Å². The molecule has 150 valence electrons. The van der Waals surface area contributed by atoms with E-state index in [4.69, 9.17) is 14.2 Å². The molecule has 2 aromatic carbocycles. The number of methoxy groups -OCH3 is 3. The summed E-state index contributed by atoms with van der Waals surface area (Å²) in [7, 11) is 4.53. The summed E-state index contributed by atoms with van der Waals surface area (Å²) in [6.45, 7) is 2.02. The van der Waals surface area contributed by atoms with Crippen molar-refractivity contribution in [2.24, 2.45) is 0 Å². The molecule has 2 N–H and O–H groups in total. The van der Waals surface area contributed by atoms with Gasteiger partial charge in [0.15, 0.2) is 11.5 Å². The Bertz CT molecular complexity index is 964. The molecule has 0 aliphatic rings. The molecule has 0 unspecified atom stereocenters. The van der Waals surface area contributed by atoms with Crippen LogP contribution in [0, 0.1) is 6.92 Å². The van der Waals surface area contributed by atoms with E-state index in [1.807, 2.05) is 31.2 Å². The second kappa shape index (κ2) is 8.92. The quantitative estimate of drug-likeness (QED) is 0.629. The number of benzene rings is 2. The van der Waals surface area contributed by atoms with Crippen molar-refractivity contribution in [1.82, 2.24) is 9.97 Å². The maximum Gasteiger partial charge on any atom is 0.275 e. The minimum absolute atomic E-state index is 0.174. The first-order valence-corrected chi connectivity index (χ1v) is 8.81. The molecule has 0 saturated carbocycles. The van der Waals surface area contributed by atoms with E-state index in [-0.39, 0.29) is 5.69 Å². The monoisotopic (exact) mass is 394 g/mol. The molecule has 1 heterocycles. The summed E-state index contributed by atoms with van der Waals surface area (Å²) in [5.74, 6) is 1.45. The highest BCUT2D eigenvalue weighted by Crippen LogP contribution is 2.40. The van der Waals surface area contributed by atoms with Crippen LogP contribution in [0.1, 0.15) is 16.1 Å². The van der Waals surface area contributed by atoms with Gasteiger partial charge in [0.25, 0.3) is 5.91 Å². The molecule has 0 aliphatic heterocycles. The van der Waals surface area contributed by atoms with Crippen molar-refractivity contribution in [1.29, 1.82) is 0 Å². The van der Waals surface area contributed by atoms with Gasteiger partial charge in [-0.15, -0.1) is 0 Å². The first-order chi connectivity index (χ1) is 14.0. The lowest BCUT2D eigenvalue weighted by Crippen LogP contribution is -2.14. The number of ether oxygens (including phenoxy) is 3. The van der Waals surface area contributed by atoms with Crippen LogP contribution in [0.15, 0.2) is 48.8 Å². The Morgan fingerprint density at radius 1 is 0.862 bits per heavy atom. The van der Waals surface area contributed by atoms with Crippen LogP contribution in [0.4, 0.5) is 17.2 Å². The van der Waals surface area contributed by atoms with Crippen LogP contribution >= 0.6 is 0 Å². The molecule has 1 aromatic heterocycles. The number of hydrogen-bond donors (Lipinski definition) is 2. The lowest BCUT2D eigenvalue weighted by molar-refractivity contribution is 0.102. The predicted molar refractivity (Wildman–Crippen MR) is 111 cm³/mol. The third-order valence-corrected chi connectivity index (χ3v) is 4.13. The molecule has 0 fully saturated rings. The molecule has 0 atom stereocenters. The normalized spacial score (nSPS) is 10.2. The molecule has 1 amide bonds. The Hall–Kier alpha value is -3.81. The highest BCUT2D eigenvalue weighted by molar-refractivity contribution is 6.03. The molecule has 0 radical (unpaired) electrons. The van der Waals surface area contributed by atoms with E-state index in [0.29, 0.717) is 28.8 Å². The first-order valence-electron chi connectivity index (χ1n) is 8.81. The Labute approximate surface area is 168 Å². The van der Waals surface area contributed by atoms with Gasteiger partial charge in [0.2, 0.25) is 5.75 Å². The Morgan fingerprint density at radius 3 is 2.03 bits per heavy atom. The van der Waals surface area contributed by atoms with Gasteiger partial charge in [-0.25, -0.2) is 9.97 Å². The molecule has 0 bridgehead atoms. The van der Waals surface area contributed by atoms with Crippen LogP contribution in [-0.2, 0) is 0 Å². The lowest BCUT2D eigenvalue weighted by Gasteiger charge is -2.14. The van der Waals surface area contributed by atoms with Crippen molar-refractivity contribution in [3.05, 3.63) is 60.0 Å². The zero-order chi connectivity index (χ0) is 20.8. The summed E-state index contributed by atoms with van der Waals surface area (Å²) >= 11 is 0. The Balaban J connectivity index is 1.73. The van der Waals surface area contributed by atoms with Gasteiger partial charge in [-0.3, -0.25) is 4.79 Å². The molecular weight excluding hydrogens is 372 g/mol. The summed E-state index contributed by atoms with van der Waals surface area (Å²) in [6, 6.07) is 11.2. The zero-order valence-corrected chi connectivity index (χ0v) is 16.6. The standard InChI is InChI=1S/C21H22N4O4/c1-13-5-7-14(8-6-13)24-19-12-22-16(11-23-19)21(26)25-15-9-17(27-2)20(29-4)18(10-15)28-3/h5-12H,1-4H3,(H,23,24)(H,25,26). The molecule has 8 nitrogen and oxygen atoms in total. The van der Waals surface area contributed by atoms with E-state index in [0.717, 1.165) is 5.69 Å².